The molecule has 10 heteroatoms. The van der Waals surface area contributed by atoms with Crippen molar-refractivity contribution in [2.45, 2.75) is 44.5 Å². The molecule has 7 nitrogen and oxygen atoms in total. The number of likely N-dealkylation sites (tertiary alicyclic amines) is 1. The molecular formula is C17H20F3N5O2. The Hall–Kier alpha value is -2.62. The van der Waals surface area contributed by atoms with E-state index in [2.05, 4.69) is 10.1 Å². The molecule has 27 heavy (non-hydrogen) atoms. The lowest BCUT2D eigenvalue weighted by molar-refractivity contribution is -0.138. The van der Waals surface area contributed by atoms with Crippen LogP contribution < -0.4 is 5.73 Å². The summed E-state index contributed by atoms with van der Waals surface area (Å²) in [4.78, 5) is 5.56. The molecule has 2 aromatic rings. The normalized spacial score (nSPS) is 20.3. The van der Waals surface area contributed by atoms with Crippen molar-refractivity contribution in [2.75, 3.05) is 6.54 Å². The first-order chi connectivity index (χ1) is 12.7. The third kappa shape index (κ3) is 3.75. The first-order valence-corrected chi connectivity index (χ1v) is 8.55. The molecule has 0 unspecified atom stereocenters. The Bertz CT molecular complexity index is 836. The van der Waals surface area contributed by atoms with Gasteiger partial charge in [-0.05, 0) is 24.5 Å². The molecular weight excluding hydrogens is 363 g/mol. The second kappa shape index (κ2) is 7.18. The number of nitrogens with one attached hydrogen (secondary N) is 1. The number of aromatic nitrogens is 2. The van der Waals surface area contributed by atoms with Crippen molar-refractivity contribution in [3.05, 3.63) is 35.2 Å². The first kappa shape index (κ1) is 19.2. The van der Waals surface area contributed by atoms with E-state index >= 15 is 0 Å². The van der Waals surface area contributed by atoms with Gasteiger partial charge in [-0.2, -0.15) is 18.2 Å². The zero-order valence-corrected chi connectivity index (χ0v) is 14.6. The zero-order valence-electron chi connectivity index (χ0n) is 14.6. The van der Waals surface area contributed by atoms with Gasteiger partial charge in [0.05, 0.1) is 11.7 Å². The van der Waals surface area contributed by atoms with Gasteiger partial charge in [0.2, 0.25) is 5.82 Å². The maximum atomic E-state index is 13.4. The van der Waals surface area contributed by atoms with Crippen molar-refractivity contribution in [1.82, 2.24) is 15.0 Å². The summed E-state index contributed by atoms with van der Waals surface area (Å²) in [5, 5.41) is 21.4. The molecule has 1 aromatic carbocycles. The van der Waals surface area contributed by atoms with E-state index in [4.69, 9.17) is 15.7 Å². The van der Waals surface area contributed by atoms with Gasteiger partial charge < -0.3 is 20.3 Å². The Labute approximate surface area is 153 Å². The van der Waals surface area contributed by atoms with E-state index in [1.165, 1.54) is 17.0 Å². The molecule has 0 spiro atoms. The van der Waals surface area contributed by atoms with Gasteiger partial charge in [-0.1, -0.05) is 30.6 Å². The van der Waals surface area contributed by atoms with Gasteiger partial charge in [-0.3, -0.25) is 5.41 Å². The minimum absolute atomic E-state index is 0.0105. The van der Waals surface area contributed by atoms with E-state index in [-0.39, 0.29) is 28.8 Å². The maximum absolute atomic E-state index is 13.4. The molecule has 0 aliphatic carbocycles. The van der Waals surface area contributed by atoms with Gasteiger partial charge >= 0.3 is 6.18 Å². The number of halogens is 3. The second-order valence-corrected chi connectivity index (χ2v) is 6.46. The minimum atomic E-state index is -4.49. The molecule has 4 N–H and O–H groups in total. The standard InChI is InChI=1S/C17H20F3N5O2/c1-2-3-9-4-5-10(8-11(9)17(18,19)20)14-23-15(27-24-14)13-12(26)6-7-25(13)16(21)22/h4-5,8,12-13,26H,2-3,6-7H2,1H3,(H3,21,22)/t12-,13-/m0/s1. The Morgan fingerprint density at radius 2 is 2.19 bits per heavy atom. The van der Waals surface area contributed by atoms with E-state index < -0.39 is 23.9 Å². The molecule has 1 fully saturated rings. The van der Waals surface area contributed by atoms with Gasteiger partial charge in [0.15, 0.2) is 5.96 Å². The molecule has 1 saturated heterocycles. The fourth-order valence-corrected chi connectivity index (χ4v) is 3.28. The zero-order chi connectivity index (χ0) is 19.8. The van der Waals surface area contributed by atoms with E-state index in [1.54, 1.807) is 0 Å². The molecule has 2 atom stereocenters. The number of rotatable bonds is 4. The van der Waals surface area contributed by atoms with E-state index in [0.29, 0.717) is 25.8 Å². The smallest absolute Gasteiger partial charge is 0.390 e. The molecule has 0 saturated carbocycles. The molecule has 2 heterocycles. The van der Waals surface area contributed by atoms with Crippen LogP contribution in [0.1, 0.15) is 42.8 Å². The highest BCUT2D eigenvalue weighted by Crippen LogP contribution is 2.36. The van der Waals surface area contributed by atoms with Crippen LogP contribution in [0.2, 0.25) is 0 Å². The first-order valence-electron chi connectivity index (χ1n) is 8.55. The minimum Gasteiger partial charge on any atom is -0.390 e. The van der Waals surface area contributed by atoms with Crippen LogP contribution in [0, 0.1) is 5.41 Å². The number of aryl methyl sites for hydroxylation is 1. The average Bonchev–Trinajstić information content (AvgIpc) is 3.21. The number of aliphatic hydroxyl groups excluding tert-OH is 1. The van der Waals surface area contributed by atoms with Crippen molar-refractivity contribution < 1.29 is 22.8 Å². The molecule has 3 rings (SSSR count). The quantitative estimate of drug-likeness (QED) is 0.553. The van der Waals surface area contributed by atoms with Crippen LogP contribution in [0.25, 0.3) is 11.4 Å². The van der Waals surface area contributed by atoms with Gasteiger partial charge in [-0.15, -0.1) is 0 Å². The predicted molar refractivity (Wildman–Crippen MR) is 90.7 cm³/mol. The topological polar surface area (TPSA) is 112 Å². The van der Waals surface area contributed by atoms with Crippen LogP contribution in [0.15, 0.2) is 22.7 Å². The van der Waals surface area contributed by atoms with Crippen LogP contribution in [-0.2, 0) is 12.6 Å². The summed E-state index contributed by atoms with van der Waals surface area (Å²) >= 11 is 0. The predicted octanol–water partition coefficient (Wildman–Crippen LogP) is 2.71. The highest BCUT2D eigenvalue weighted by molar-refractivity contribution is 5.75. The lowest BCUT2D eigenvalue weighted by Crippen LogP contribution is -2.37. The van der Waals surface area contributed by atoms with Crippen molar-refractivity contribution in [2.24, 2.45) is 5.73 Å². The summed E-state index contributed by atoms with van der Waals surface area (Å²) in [6.07, 6.45) is -4.07. The Balaban J connectivity index is 1.96. The van der Waals surface area contributed by atoms with Crippen LogP contribution >= 0.6 is 0 Å². The molecule has 1 aromatic heterocycles. The van der Waals surface area contributed by atoms with Gasteiger partial charge in [0.25, 0.3) is 5.89 Å². The number of nitrogens with two attached hydrogens (primary N) is 1. The number of nitrogens with zero attached hydrogens (tertiary/aromatic N) is 3. The highest BCUT2D eigenvalue weighted by Gasteiger charge is 2.39. The summed E-state index contributed by atoms with van der Waals surface area (Å²) in [7, 11) is 0. The molecule has 146 valence electrons. The van der Waals surface area contributed by atoms with Gasteiger partial charge in [-0.25, -0.2) is 0 Å². The van der Waals surface area contributed by atoms with E-state index in [1.807, 2.05) is 6.92 Å². The molecule has 0 radical (unpaired) electrons. The molecule has 1 aliphatic rings. The fraction of sp³-hybridized carbons (Fsp3) is 0.471. The summed E-state index contributed by atoms with van der Waals surface area (Å²) in [5.74, 6) is -0.253. The summed E-state index contributed by atoms with van der Waals surface area (Å²) in [6.45, 7) is 2.16. The summed E-state index contributed by atoms with van der Waals surface area (Å²) in [5.41, 5.74) is 5.16. The van der Waals surface area contributed by atoms with Crippen LogP contribution in [0.4, 0.5) is 13.2 Å². The summed E-state index contributed by atoms with van der Waals surface area (Å²) < 4.78 is 45.3. The Kier molecular flexibility index (Phi) is 5.09. The van der Waals surface area contributed by atoms with E-state index in [0.717, 1.165) is 6.07 Å². The van der Waals surface area contributed by atoms with Crippen molar-refractivity contribution >= 4 is 5.96 Å². The average molecular weight is 383 g/mol. The fourth-order valence-electron chi connectivity index (χ4n) is 3.28. The number of benzene rings is 1. The number of guanidine groups is 1. The van der Waals surface area contributed by atoms with Gasteiger partial charge in [0.1, 0.15) is 6.04 Å². The molecule has 1 aliphatic heterocycles. The van der Waals surface area contributed by atoms with Gasteiger partial charge in [0, 0.05) is 12.1 Å². The third-order valence-electron chi connectivity index (χ3n) is 4.56. The number of aliphatic hydroxyl groups is 1. The Morgan fingerprint density at radius 3 is 2.81 bits per heavy atom. The monoisotopic (exact) mass is 383 g/mol. The van der Waals surface area contributed by atoms with Crippen molar-refractivity contribution in [3.63, 3.8) is 0 Å². The largest absolute Gasteiger partial charge is 0.416 e. The molecule has 0 amide bonds. The highest BCUT2D eigenvalue weighted by atomic mass is 19.4. The van der Waals surface area contributed by atoms with Crippen molar-refractivity contribution in [1.29, 1.82) is 5.41 Å². The number of alkyl halides is 3. The lowest BCUT2D eigenvalue weighted by Gasteiger charge is -2.22. The van der Waals surface area contributed by atoms with Crippen molar-refractivity contribution in [3.8, 4) is 11.4 Å². The van der Waals surface area contributed by atoms with Crippen LogP contribution in [-0.4, -0.2) is 38.8 Å². The second-order valence-electron chi connectivity index (χ2n) is 6.46. The lowest BCUT2D eigenvalue weighted by atomic mass is 9.99. The number of hydrogen-bond donors (Lipinski definition) is 3. The van der Waals surface area contributed by atoms with Crippen LogP contribution in [0.3, 0.4) is 0 Å². The number of hydrogen-bond acceptors (Lipinski definition) is 5. The third-order valence-corrected chi connectivity index (χ3v) is 4.56. The SMILES string of the molecule is CCCc1ccc(-c2noc([C@@H]3[C@@H](O)CCN3C(=N)N)n2)cc1C(F)(F)F. The molecule has 0 bridgehead atoms. The Morgan fingerprint density at radius 1 is 1.44 bits per heavy atom. The summed E-state index contributed by atoms with van der Waals surface area (Å²) in [6, 6.07) is 3.16. The maximum Gasteiger partial charge on any atom is 0.416 e. The van der Waals surface area contributed by atoms with E-state index in [9.17, 15) is 18.3 Å². The van der Waals surface area contributed by atoms with Crippen LogP contribution in [0.5, 0.6) is 0 Å².